The SMILES string of the molecule is CCn1nc(C)c(Br)c1CN1CCN(CCCl)CC1. The van der Waals surface area contributed by atoms with Gasteiger partial charge in [0.25, 0.3) is 0 Å². The Balaban J connectivity index is 1.95. The number of aryl methyl sites for hydroxylation is 2. The molecule has 2 rings (SSSR count). The second-order valence-electron chi connectivity index (χ2n) is 4.97. The number of hydrogen-bond acceptors (Lipinski definition) is 3. The monoisotopic (exact) mass is 348 g/mol. The molecule has 2 heterocycles. The first kappa shape index (κ1) is 15.3. The van der Waals surface area contributed by atoms with Crippen LogP contribution < -0.4 is 0 Å². The van der Waals surface area contributed by atoms with Crippen LogP contribution in [0.2, 0.25) is 0 Å². The van der Waals surface area contributed by atoms with Crippen molar-refractivity contribution in [3.8, 4) is 0 Å². The Morgan fingerprint density at radius 1 is 1.21 bits per heavy atom. The van der Waals surface area contributed by atoms with E-state index in [1.54, 1.807) is 0 Å². The number of halogens is 2. The standard InChI is InChI=1S/C13H22BrClN4/c1-3-19-12(13(14)11(2)16-19)10-18-8-6-17(5-4-15)7-9-18/h3-10H2,1-2H3. The van der Waals surface area contributed by atoms with Crippen LogP contribution in [-0.4, -0.2) is 58.2 Å². The highest BCUT2D eigenvalue weighted by atomic mass is 79.9. The first-order chi connectivity index (χ1) is 9.15. The van der Waals surface area contributed by atoms with Gasteiger partial charge in [-0.2, -0.15) is 5.10 Å². The van der Waals surface area contributed by atoms with Crippen molar-refractivity contribution in [2.75, 3.05) is 38.6 Å². The molecule has 6 heteroatoms. The lowest BCUT2D eigenvalue weighted by atomic mass is 10.2. The molecular weight excluding hydrogens is 328 g/mol. The third-order valence-electron chi connectivity index (χ3n) is 3.69. The van der Waals surface area contributed by atoms with Crippen molar-refractivity contribution in [2.45, 2.75) is 26.9 Å². The highest BCUT2D eigenvalue weighted by Gasteiger charge is 2.20. The largest absolute Gasteiger partial charge is 0.300 e. The van der Waals surface area contributed by atoms with Crippen molar-refractivity contribution in [3.63, 3.8) is 0 Å². The smallest absolute Gasteiger partial charge is 0.0739 e. The molecule has 108 valence electrons. The maximum atomic E-state index is 5.79. The Labute approximate surface area is 128 Å². The van der Waals surface area contributed by atoms with Crippen molar-refractivity contribution >= 4 is 27.5 Å². The summed E-state index contributed by atoms with van der Waals surface area (Å²) >= 11 is 9.46. The predicted molar refractivity (Wildman–Crippen MR) is 82.8 cm³/mol. The van der Waals surface area contributed by atoms with Crippen LogP contribution in [0, 0.1) is 6.92 Å². The minimum atomic E-state index is 0.730. The Morgan fingerprint density at radius 3 is 2.42 bits per heavy atom. The Bertz CT molecular complexity index is 413. The first-order valence-corrected chi connectivity index (χ1v) is 8.21. The van der Waals surface area contributed by atoms with Gasteiger partial charge >= 0.3 is 0 Å². The maximum absolute atomic E-state index is 5.79. The van der Waals surface area contributed by atoms with E-state index >= 15 is 0 Å². The average Bonchev–Trinajstić information content (AvgIpc) is 2.69. The van der Waals surface area contributed by atoms with Crippen molar-refractivity contribution in [3.05, 3.63) is 15.9 Å². The zero-order valence-electron chi connectivity index (χ0n) is 11.7. The van der Waals surface area contributed by atoms with Crippen LogP contribution in [0.4, 0.5) is 0 Å². The van der Waals surface area contributed by atoms with E-state index < -0.39 is 0 Å². The number of piperazine rings is 1. The minimum Gasteiger partial charge on any atom is -0.300 e. The third-order valence-corrected chi connectivity index (χ3v) is 4.89. The quantitative estimate of drug-likeness (QED) is 0.763. The molecule has 0 saturated carbocycles. The number of aromatic nitrogens is 2. The zero-order chi connectivity index (χ0) is 13.8. The van der Waals surface area contributed by atoms with Gasteiger partial charge in [0.2, 0.25) is 0 Å². The summed E-state index contributed by atoms with van der Waals surface area (Å²) in [5.41, 5.74) is 2.38. The van der Waals surface area contributed by atoms with Gasteiger partial charge in [-0.25, -0.2) is 0 Å². The van der Waals surface area contributed by atoms with Crippen LogP contribution in [0.5, 0.6) is 0 Å². The summed E-state index contributed by atoms with van der Waals surface area (Å²) in [5.74, 6) is 0.730. The van der Waals surface area contributed by atoms with Gasteiger partial charge in [-0.05, 0) is 29.8 Å². The molecule has 4 nitrogen and oxygen atoms in total. The van der Waals surface area contributed by atoms with E-state index in [-0.39, 0.29) is 0 Å². The molecule has 0 aromatic carbocycles. The Hall–Kier alpha value is -0.100. The molecule has 0 amide bonds. The van der Waals surface area contributed by atoms with Gasteiger partial charge in [0, 0.05) is 51.7 Å². The molecule has 0 bridgehead atoms. The van der Waals surface area contributed by atoms with Crippen LogP contribution in [0.1, 0.15) is 18.3 Å². The van der Waals surface area contributed by atoms with Crippen molar-refractivity contribution in [1.82, 2.24) is 19.6 Å². The lowest BCUT2D eigenvalue weighted by molar-refractivity contribution is 0.130. The molecule has 1 aliphatic heterocycles. The average molecular weight is 350 g/mol. The summed E-state index contributed by atoms with van der Waals surface area (Å²) in [6, 6.07) is 0. The second-order valence-corrected chi connectivity index (χ2v) is 6.14. The van der Waals surface area contributed by atoms with Crippen LogP contribution in [0.25, 0.3) is 0 Å². The Morgan fingerprint density at radius 2 is 1.84 bits per heavy atom. The molecule has 1 fully saturated rings. The Kier molecular flexibility index (Phi) is 5.69. The number of nitrogens with zero attached hydrogens (tertiary/aromatic N) is 4. The molecule has 1 aromatic heterocycles. The van der Waals surface area contributed by atoms with E-state index in [2.05, 4.69) is 49.4 Å². The molecule has 0 spiro atoms. The predicted octanol–water partition coefficient (Wildman–Crippen LogP) is 2.33. The molecule has 19 heavy (non-hydrogen) atoms. The van der Waals surface area contributed by atoms with Crippen LogP contribution >= 0.6 is 27.5 Å². The first-order valence-electron chi connectivity index (χ1n) is 6.88. The summed E-state index contributed by atoms with van der Waals surface area (Å²) in [5, 5.41) is 4.55. The van der Waals surface area contributed by atoms with E-state index in [0.29, 0.717) is 0 Å². The fourth-order valence-corrected chi connectivity index (χ4v) is 3.17. The van der Waals surface area contributed by atoms with Gasteiger partial charge in [0.1, 0.15) is 0 Å². The van der Waals surface area contributed by atoms with Crippen LogP contribution in [0.3, 0.4) is 0 Å². The molecule has 1 saturated heterocycles. The van der Waals surface area contributed by atoms with Crippen molar-refractivity contribution < 1.29 is 0 Å². The van der Waals surface area contributed by atoms with Gasteiger partial charge < -0.3 is 0 Å². The highest BCUT2D eigenvalue weighted by Crippen LogP contribution is 2.22. The normalized spacial score (nSPS) is 18.1. The fraction of sp³-hybridized carbons (Fsp3) is 0.769. The third kappa shape index (κ3) is 3.72. The summed E-state index contributed by atoms with van der Waals surface area (Å²) in [6.45, 7) is 11.5. The number of hydrogen-bond donors (Lipinski definition) is 0. The van der Waals surface area contributed by atoms with Gasteiger partial charge in [-0.1, -0.05) is 0 Å². The summed E-state index contributed by atoms with van der Waals surface area (Å²) < 4.78 is 3.27. The van der Waals surface area contributed by atoms with Crippen LogP contribution in [0.15, 0.2) is 4.47 Å². The van der Waals surface area contributed by atoms with Gasteiger partial charge in [0.15, 0.2) is 0 Å². The minimum absolute atomic E-state index is 0.730. The van der Waals surface area contributed by atoms with E-state index in [0.717, 1.165) is 61.9 Å². The van der Waals surface area contributed by atoms with E-state index in [1.807, 2.05) is 0 Å². The lowest BCUT2D eigenvalue weighted by Gasteiger charge is -2.34. The second kappa shape index (κ2) is 7.07. The highest BCUT2D eigenvalue weighted by molar-refractivity contribution is 9.10. The molecule has 1 aliphatic rings. The van der Waals surface area contributed by atoms with Gasteiger partial charge in [0.05, 0.1) is 15.9 Å². The summed E-state index contributed by atoms with van der Waals surface area (Å²) in [7, 11) is 0. The number of rotatable bonds is 5. The summed E-state index contributed by atoms with van der Waals surface area (Å²) in [6.07, 6.45) is 0. The fourth-order valence-electron chi connectivity index (χ4n) is 2.52. The lowest BCUT2D eigenvalue weighted by Crippen LogP contribution is -2.46. The molecule has 0 aliphatic carbocycles. The topological polar surface area (TPSA) is 24.3 Å². The maximum Gasteiger partial charge on any atom is 0.0739 e. The van der Waals surface area contributed by atoms with E-state index in [9.17, 15) is 0 Å². The van der Waals surface area contributed by atoms with Crippen molar-refractivity contribution in [2.24, 2.45) is 0 Å². The van der Waals surface area contributed by atoms with E-state index in [4.69, 9.17) is 11.6 Å². The molecule has 0 N–H and O–H groups in total. The molecule has 0 unspecified atom stereocenters. The molecule has 0 radical (unpaired) electrons. The zero-order valence-corrected chi connectivity index (χ0v) is 14.0. The molecular formula is C13H22BrClN4. The van der Waals surface area contributed by atoms with Crippen LogP contribution in [-0.2, 0) is 13.1 Å². The summed E-state index contributed by atoms with van der Waals surface area (Å²) in [4.78, 5) is 4.93. The molecule has 0 atom stereocenters. The van der Waals surface area contributed by atoms with E-state index in [1.165, 1.54) is 5.69 Å². The number of alkyl halides is 1. The van der Waals surface area contributed by atoms with Gasteiger partial charge in [-0.3, -0.25) is 14.5 Å². The van der Waals surface area contributed by atoms with Gasteiger partial charge in [-0.15, -0.1) is 11.6 Å². The molecule has 1 aromatic rings. The van der Waals surface area contributed by atoms with Crippen molar-refractivity contribution in [1.29, 1.82) is 0 Å².